The fourth-order valence-corrected chi connectivity index (χ4v) is 2.52. The van der Waals surface area contributed by atoms with Gasteiger partial charge in [-0.25, -0.2) is 4.98 Å². The van der Waals surface area contributed by atoms with Crippen molar-refractivity contribution in [1.29, 1.82) is 0 Å². The van der Waals surface area contributed by atoms with Crippen LogP contribution < -0.4 is 16.2 Å². The highest BCUT2D eigenvalue weighted by Gasteiger charge is 2.13. The molecule has 0 unspecified atom stereocenters. The first-order chi connectivity index (χ1) is 17.1. The molecule has 0 aliphatic carbocycles. The van der Waals surface area contributed by atoms with Crippen molar-refractivity contribution in [2.45, 2.75) is 6.42 Å². The summed E-state index contributed by atoms with van der Waals surface area (Å²) < 4.78 is 31.6. The maximum absolute atomic E-state index is 12.1. The lowest BCUT2D eigenvalue weighted by molar-refractivity contribution is -0.135. The number of methoxy groups -OCH3 is 1. The number of anilines is 2. The number of esters is 1. The number of nitrogen functional groups attached to an aromatic ring is 2. The summed E-state index contributed by atoms with van der Waals surface area (Å²) in [7, 11) is 1.62. The summed E-state index contributed by atoms with van der Waals surface area (Å²) in [4.78, 5) is 16.1. The lowest BCUT2D eigenvalue weighted by atomic mass is 10.3. The Morgan fingerprint density at radius 3 is 1.97 bits per heavy atom. The van der Waals surface area contributed by atoms with Gasteiger partial charge in [-0.15, -0.1) is 5.11 Å². The van der Waals surface area contributed by atoms with Crippen molar-refractivity contribution in [2.75, 3.05) is 78.0 Å². The lowest BCUT2D eigenvalue weighted by Crippen LogP contribution is -2.15. The topological polar surface area (TPSA) is 162 Å². The third-order valence-electron chi connectivity index (χ3n) is 4.28. The Hall–Kier alpha value is -3.16. The Labute approximate surface area is 204 Å². The Morgan fingerprint density at radius 1 is 0.800 bits per heavy atom. The number of hydrogen-bond donors (Lipinski definition) is 2. The second-order valence-electron chi connectivity index (χ2n) is 6.98. The van der Waals surface area contributed by atoms with Crippen LogP contribution in [0.4, 0.5) is 23.0 Å². The number of nitrogens with two attached hydrogens (primary N) is 2. The molecular formula is C23H33N5O7. The summed E-state index contributed by atoms with van der Waals surface area (Å²) in [6.07, 6.45) is 0.0247. The van der Waals surface area contributed by atoms with Gasteiger partial charge in [-0.05, 0) is 12.1 Å². The van der Waals surface area contributed by atoms with Crippen molar-refractivity contribution in [2.24, 2.45) is 10.2 Å². The van der Waals surface area contributed by atoms with Crippen LogP contribution in [0.2, 0.25) is 0 Å². The highest BCUT2D eigenvalue weighted by Crippen LogP contribution is 2.31. The van der Waals surface area contributed by atoms with Crippen molar-refractivity contribution in [3.63, 3.8) is 0 Å². The molecule has 0 saturated carbocycles. The number of carbonyl (C=O) groups is 1. The number of aromatic nitrogens is 1. The van der Waals surface area contributed by atoms with Gasteiger partial charge < -0.3 is 39.9 Å². The monoisotopic (exact) mass is 491 g/mol. The van der Waals surface area contributed by atoms with E-state index in [1.165, 1.54) is 6.07 Å². The Morgan fingerprint density at radius 2 is 1.37 bits per heavy atom. The maximum atomic E-state index is 12.1. The molecule has 0 atom stereocenters. The molecule has 2 rings (SSSR count). The third-order valence-corrected chi connectivity index (χ3v) is 4.28. The molecule has 0 aliphatic rings. The van der Waals surface area contributed by atoms with E-state index < -0.39 is 5.97 Å². The summed E-state index contributed by atoms with van der Waals surface area (Å²) in [5.41, 5.74) is 12.5. The van der Waals surface area contributed by atoms with E-state index in [4.69, 9.17) is 39.9 Å². The molecular weight excluding hydrogens is 458 g/mol. The van der Waals surface area contributed by atoms with Gasteiger partial charge in [0.2, 0.25) is 0 Å². The van der Waals surface area contributed by atoms with Gasteiger partial charge in [0.05, 0.1) is 71.6 Å². The van der Waals surface area contributed by atoms with Gasteiger partial charge in [0.1, 0.15) is 5.69 Å². The second kappa shape index (κ2) is 17.3. The molecule has 1 aromatic heterocycles. The zero-order valence-corrected chi connectivity index (χ0v) is 19.9. The first-order valence-electron chi connectivity index (χ1n) is 11.1. The van der Waals surface area contributed by atoms with Crippen molar-refractivity contribution in [3.8, 4) is 5.75 Å². The average Bonchev–Trinajstić information content (AvgIpc) is 2.86. The molecule has 4 N–H and O–H groups in total. The van der Waals surface area contributed by atoms with Gasteiger partial charge >= 0.3 is 5.97 Å². The number of carbonyl (C=O) groups excluding carboxylic acids is 1. The highest BCUT2D eigenvalue weighted by molar-refractivity contribution is 5.76. The van der Waals surface area contributed by atoms with Crippen molar-refractivity contribution >= 4 is 29.0 Å². The van der Waals surface area contributed by atoms with E-state index in [0.29, 0.717) is 58.5 Å². The number of hydrogen-bond acceptors (Lipinski definition) is 12. The second-order valence-corrected chi connectivity index (χ2v) is 6.98. The minimum Gasteiger partial charge on any atom is -0.422 e. The molecule has 35 heavy (non-hydrogen) atoms. The predicted molar refractivity (Wildman–Crippen MR) is 129 cm³/mol. The van der Waals surface area contributed by atoms with Crippen molar-refractivity contribution in [3.05, 3.63) is 36.4 Å². The Kier molecular flexibility index (Phi) is 13.9. The number of rotatable bonds is 18. The minimum absolute atomic E-state index is 0.0208. The van der Waals surface area contributed by atoms with Crippen LogP contribution in [0.25, 0.3) is 0 Å². The quantitative estimate of drug-likeness (QED) is 0.180. The van der Waals surface area contributed by atoms with Crippen LogP contribution in [0, 0.1) is 0 Å². The van der Waals surface area contributed by atoms with Gasteiger partial charge in [0.25, 0.3) is 0 Å². The molecule has 2 aromatic rings. The summed E-state index contributed by atoms with van der Waals surface area (Å²) in [5, 5.41) is 8.14. The lowest BCUT2D eigenvalue weighted by Gasteiger charge is -2.09. The highest BCUT2D eigenvalue weighted by atomic mass is 16.6. The maximum Gasteiger partial charge on any atom is 0.313 e. The number of pyridine rings is 1. The van der Waals surface area contributed by atoms with Crippen LogP contribution in [0.5, 0.6) is 5.75 Å². The van der Waals surface area contributed by atoms with Gasteiger partial charge in [-0.1, -0.05) is 18.2 Å². The van der Waals surface area contributed by atoms with Crippen LogP contribution in [0.1, 0.15) is 6.42 Å². The van der Waals surface area contributed by atoms with E-state index in [0.717, 1.165) is 0 Å². The van der Waals surface area contributed by atoms with Gasteiger partial charge in [-0.2, -0.15) is 5.11 Å². The smallest absolute Gasteiger partial charge is 0.313 e. The molecule has 0 aliphatic heterocycles. The van der Waals surface area contributed by atoms with E-state index in [9.17, 15) is 4.79 Å². The predicted octanol–water partition coefficient (Wildman–Crippen LogP) is 2.67. The summed E-state index contributed by atoms with van der Waals surface area (Å²) in [5.74, 6) is -0.423. The standard InChI is InChI=1S/C23H33N5O7/c1-30-9-10-32-13-14-34-16-15-33-12-11-31-8-7-21(29)35-20-17-19(22(24)26-23(20)25)28-27-18-5-3-2-4-6-18/h2-6,17H,7-16H2,1H3,(H4,24,25,26). The van der Waals surface area contributed by atoms with Gasteiger partial charge in [0, 0.05) is 13.2 Å². The first kappa shape index (κ1) is 28.1. The van der Waals surface area contributed by atoms with Crippen molar-refractivity contribution < 1.29 is 33.2 Å². The molecule has 0 spiro atoms. The third kappa shape index (κ3) is 12.2. The van der Waals surface area contributed by atoms with E-state index in [-0.39, 0.29) is 36.1 Å². The molecule has 0 bridgehead atoms. The van der Waals surface area contributed by atoms with E-state index in [2.05, 4.69) is 15.2 Å². The average molecular weight is 492 g/mol. The number of nitrogens with zero attached hydrogens (tertiary/aromatic N) is 3. The number of benzene rings is 1. The van der Waals surface area contributed by atoms with Gasteiger partial charge in [0.15, 0.2) is 17.4 Å². The number of ether oxygens (including phenoxy) is 6. The summed E-state index contributed by atoms with van der Waals surface area (Å²) >= 11 is 0. The molecule has 0 fully saturated rings. The van der Waals surface area contributed by atoms with Crippen LogP contribution in [0.3, 0.4) is 0 Å². The van der Waals surface area contributed by atoms with Crippen LogP contribution in [-0.2, 0) is 28.5 Å². The summed E-state index contributed by atoms with van der Waals surface area (Å²) in [6.45, 7) is 3.91. The van der Waals surface area contributed by atoms with Crippen LogP contribution in [0.15, 0.2) is 46.6 Å². The number of azo groups is 1. The van der Waals surface area contributed by atoms with Crippen molar-refractivity contribution in [1.82, 2.24) is 4.98 Å². The zero-order chi connectivity index (χ0) is 25.1. The van der Waals surface area contributed by atoms with E-state index in [1.54, 1.807) is 19.2 Å². The normalized spacial score (nSPS) is 11.2. The first-order valence-corrected chi connectivity index (χ1v) is 11.1. The molecule has 0 saturated heterocycles. The summed E-state index contributed by atoms with van der Waals surface area (Å²) in [6, 6.07) is 10.5. The van der Waals surface area contributed by atoms with Gasteiger partial charge in [-0.3, -0.25) is 4.79 Å². The molecule has 12 heteroatoms. The molecule has 12 nitrogen and oxygen atoms in total. The van der Waals surface area contributed by atoms with Crippen LogP contribution in [-0.4, -0.2) is 77.5 Å². The SMILES string of the molecule is COCCOCCOCCOCCOCCC(=O)Oc1cc(N=Nc2ccccc2)c(N)nc1N. The Bertz CT molecular complexity index is 899. The Balaban J connectivity index is 1.59. The molecule has 1 heterocycles. The zero-order valence-electron chi connectivity index (χ0n) is 19.9. The van der Waals surface area contributed by atoms with E-state index in [1.807, 2.05) is 18.2 Å². The van der Waals surface area contributed by atoms with Crippen LogP contribution >= 0.6 is 0 Å². The molecule has 192 valence electrons. The fourth-order valence-electron chi connectivity index (χ4n) is 2.52. The largest absolute Gasteiger partial charge is 0.422 e. The molecule has 1 aromatic carbocycles. The van der Waals surface area contributed by atoms with E-state index >= 15 is 0 Å². The minimum atomic E-state index is -0.531. The molecule has 0 amide bonds. The fraction of sp³-hybridized carbons (Fsp3) is 0.478. The molecule has 0 radical (unpaired) electrons.